The molecule has 2 N–H and O–H groups in total. The van der Waals surface area contributed by atoms with E-state index >= 15 is 0 Å². The summed E-state index contributed by atoms with van der Waals surface area (Å²) in [5.74, 6) is -5.17. The Morgan fingerprint density at radius 3 is 2.64 bits per heavy atom. The van der Waals surface area contributed by atoms with Gasteiger partial charge in [0.15, 0.2) is 0 Å². The Balaban J connectivity index is 0.00000169. The van der Waals surface area contributed by atoms with E-state index in [2.05, 4.69) is 9.71 Å². The molecule has 0 spiro atoms. The number of aliphatic carboxylic acids is 1. The number of ketones is 1. The summed E-state index contributed by atoms with van der Waals surface area (Å²) in [6, 6.07) is 0. The van der Waals surface area contributed by atoms with Crippen molar-refractivity contribution in [1.29, 1.82) is 0 Å². The first-order valence-corrected chi connectivity index (χ1v) is 3.94. The number of carboxylic acid groups (broad SMARTS) is 1. The third kappa shape index (κ3) is 2.55. The average Bonchev–Trinajstić information content (AvgIpc) is 2.53. The number of aliphatic imine (C=N–C) groups is 1. The van der Waals surface area contributed by atoms with Crippen LogP contribution in [0.5, 0.6) is 0 Å². The monoisotopic (exact) mass is 225 g/mol. The van der Waals surface area contributed by atoms with Gasteiger partial charge < -0.3 is 15.2 Å². The average molecular weight is 225 g/mol. The van der Waals surface area contributed by atoms with Crippen LogP contribution in [0.4, 0.5) is 0 Å². The topological polar surface area (TPSA) is 111 Å². The Morgan fingerprint density at radius 2 is 2.29 bits per heavy atom. The van der Waals surface area contributed by atoms with Crippen LogP contribution in [0.25, 0.3) is 0 Å². The largest absolute Gasteiger partial charge is 1.00 e. The SMILES string of the molecule is O=CNC1(C(=O)C(=O)[O-])N=CSN1.[Na+]. The maximum absolute atomic E-state index is 11.0. The zero-order valence-corrected chi connectivity index (χ0v) is 9.96. The number of nitrogens with one attached hydrogen (secondary N) is 2. The number of carboxylic acids is 1. The molecule has 1 aliphatic heterocycles. The van der Waals surface area contributed by atoms with Crippen molar-refractivity contribution in [3.05, 3.63) is 0 Å². The normalized spacial score (nSPS) is 23.7. The number of carbonyl (C=O) groups is 3. The zero-order valence-electron chi connectivity index (χ0n) is 7.14. The maximum Gasteiger partial charge on any atom is 1.00 e. The summed E-state index contributed by atoms with van der Waals surface area (Å²) in [5, 5.41) is 12.2. The van der Waals surface area contributed by atoms with Gasteiger partial charge in [0.1, 0.15) is 5.97 Å². The van der Waals surface area contributed by atoms with Crippen LogP contribution in [0.2, 0.25) is 0 Å². The molecule has 0 fully saturated rings. The van der Waals surface area contributed by atoms with Gasteiger partial charge in [-0.15, -0.1) is 0 Å². The molecule has 0 saturated heterocycles. The minimum Gasteiger partial charge on any atom is -0.542 e. The molecule has 1 heterocycles. The summed E-state index contributed by atoms with van der Waals surface area (Å²) in [6.07, 6.45) is 0.178. The van der Waals surface area contributed by atoms with Gasteiger partial charge in [-0.1, -0.05) is 0 Å². The number of nitrogens with zero attached hydrogens (tertiary/aromatic N) is 1. The van der Waals surface area contributed by atoms with Crippen molar-refractivity contribution < 1.29 is 49.0 Å². The molecule has 1 atom stereocenters. The van der Waals surface area contributed by atoms with Crippen molar-refractivity contribution >= 4 is 35.7 Å². The van der Waals surface area contributed by atoms with E-state index in [9.17, 15) is 19.5 Å². The Bertz CT molecular complexity index is 297. The predicted octanol–water partition coefficient (Wildman–Crippen LogP) is -6.01. The van der Waals surface area contributed by atoms with Crippen LogP contribution in [-0.2, 0) is 14.4 Å². The minimum atomic E-state index is -1.92. The molecular weight excluding hydrogens is 221 g/mol. The Hall–Kier alpha value is -0.410. The van der Waals surface area contributed by atoms with Gasteiger partial charge in [-0.2, -0.15) is 0 Å². The second-order valence-electron chi connectivity index (χ2n) is 2.04. The summed E-state index contributed by atoms with van der Waals surface area (Å²) < 4.78 is 2.33. The van der Waals surface area contributed by atoms with Gasteiger partial charge >= 0.3 is 29.6 Å². The van der Waals surface area contributed by atoms with E-state index in [0.717, 1.165) is 11.9 Å². The van der Waals surface area contributed by atoms with E-state index in [-0.39, 0.29) is 36.0 Å². The van der Waals surface area contributed by atoms with Crippen LogP contribution in [0.3, 0.4) is 0 Å². The number of rotatable bonds is 4. The molecular formula is C5H4N3NaO4S. The van der Waals surface area contributed by atoms with E-state index in [1.165, 1.54) is 5.55 Å². The molecule has 0 aliphatic carbocycles. The van der Waals surface area contributed by atoms with Crippen LogP contribution < -0.4 is 44.7 Å². The van der Waals surface area contributed by atoms with Gasteiger partial charge in [0.05, 0.1) is 5.55 Å². The molecule has 0 aromatic heterocycles. The standard InChI is InChI=1S/C5H5N3O4S.Na/c9-1-6-5(3(10)4(11)12)7-2-13-8-5;/h1-2,8H,(H,6,9)(H,11,12);/q;+1/p-1. The molecule has 7 nitrogen and oxygen atoms in total. The minimum absolute atomic E-state index is 0. The molecule has 1 amide bonds. The summed E-state index contributed by atoms with van der Waals surface area (Å²) in [5.41, 5.74) is 1.21. The fraction of sp³-hybridized carbons (Fsp3) is 0.200. The predicted molar refractivity (Wildman–Crippen MR) is 41.2 cm³/mol. The molecule has 9 heteroatoms. The van der Waals surface area contributed by atoms with Crippen LogP contribution in [-0.4, -0.2) is 29.5 Å². The van der Waals surface area contributed by atoms with Crippen LogP contribution in [0, 0.1) is 0 Å². The van der Waals surface area contributed by atoms with Crippen molar-refractivity contribution in [1.82, 2.24) is 10.0 Å². The zero-order chi connectivity index (χ0) is 9.90. The van der Waals surface area contributed by atoms with E-state index in [4.69, 9.17) is 0 Å². The molecule has 1 rings (SSSR count). The summed E-state index contributed by atoms with van der Waals surface area (Å²) in [4.78, 5) is 34.8. The van der Waals surface area contributed by atoms with Crippen LogP contribution >= 0.6 is 11.9 Å². The fourth-order valence-electron chi connectivity index (χ4n) is 0.714. The van der Waals surface area contributed by atoms with E-state index in [0.29, 0.717) is 0 Å². The number of Topliss-reactive ketones (excluding diaryl/α,β-unsaturated/α-hetero) is 1. The number of amides is 1. The molecule has 0 saturated carbocycles. The third-order valence-electron chi connectivity index (χ3n) is 1.29. The van der Waals surface area contributed by atoms with Crippen LogP contribution in [0.15, 0.2) is 4.99 Å². The van der Waals surface area contributed by atoms with Crippen molar-refractivity contribution in [2.24, 2.45) is 4.99 Å². The number of carbonyl (C=O) groups excluding carboxylic acids is 3. The second-order valence-corrected chi connectivity index (χ2v) is 2.69. The van der Waals surface area contributed by atoms with Gasteiger partial charge in [0.2, 0.25) is 12.2 Å². The number of hydrogen-bond acceptors (Lipinski definition) is 7. The second kappa shape index (κ2) is 5.47. The van der Waals surface area contributed by atoms with E-state index < -0.39 is 17.5 Å². The Labute approximate surface area is 105 Å². The molecule has 70 valence electrons. The molecule has 0 radical (unpaired) electrons. The molecule has 1 aliphatic rings. The van der Waals surface area contributed by atoms with E-state index in [1.54, 1.807) is 0 Å². The first kappa shape index (κ1) is 13.6. The quantitative estimate of drug-likeness (QED) is 0.213. The molecule has 1 unspecified atom stereocenters. The summed E-state index contributed by atoms with van der Waals surface area (Å²) in [7, 11) is 0. The van der Waals surface area contributed by atoms with Gasteiger partial charge in [-0.3, -0.25) is 9.59 Å². The molecule has 14 heavy (non-hydrogen) atoms. The smallest absolute Gasteiger partial charge is 0.542 e. The van der Waals surface area contributed by atoms with Crippen molar-refractivity contribution in [2.45, 2.75) is 5.79 Å². The van der Waals surface area contributed by atoms with Crippen molar-refractivity contribution in [3.8, 4) is 0 Å². The first-order chi connectivity index (χ1) is 6.12. The third-order valence-corrected chi connectivity index (χ3v) is 1.91. The fourth-order valence-corrected chi connectivity index (χ4v) is 1.35. The summed E-state index contributed by atoms with van der Waals surface area (Å²) >= 11 is 0.892. The van der Waals surface area contributed by atoms with Gasteiger partial charge in [-0.25, -0.2) is 9.71 Å². The Morgan fingerprint density at radius 1 is 1.64 bits per heavy atom. The first-order valence-electron chi connectivity index (χ1n) is 3.06. The Kier molecular flexibility index (Phi) is 5.31. The van der Waals surface area contributed by atoms with Crippen LogP contribution in [0.1, 0.15) is 0 Å². The maximum atomic E-state index is 11.0. The number of hydrogen-bond donors (Lipinski definition) is 2. The van der Waals surface area contributed by atoms with E-state index in [1.807, 2.05) is 5.32 Å². The molecule has 0 aromatic carbocycles. The molecule has 0 bridgehead atoms. The van der Waals surface area contributed by atoms with Gasteiger partial charge in [0, 0.05) is 0 Å². The van der Waals surface area contributed by atoms with Gasteiger partial charge in [0.25, 0.3) is 5.79 Å². The summed E-state index contributed by atoms with van der Waals surface area (Å²) in [6.45, 7) is 0. The van der Waals surface area contributed by atoms with Crippen molar-refractivity contribution in [3.63, 3.8) is 0 Å². The van der Waals surface area contributed by atoms with Crippen molar-refractivity contribution in [2.75, 3.05) is 0 Å². The van der Waals surface area contributed by atoms with Gasteiger partial charge in [-0.05, 0) is 11.9 Å². The molecule has 0 aromatic rings.